The van der Waals surface area contributed by atoms with E-state index in [0.29, 0.717) is 29.6 Å². The predicted molar refractivity (Wildman–Crippen MR) is 112 cm³/mol. The maximum atomic E-state index is 12.7. The van der Waals surface area contributed by atoms with Crippen molar-refractivity contribution >= 4 is 48.9 Å². The molecule has 0 atom stereocenters. The van der Waals surface area contributed by atoms with Crippen LogP contribution in [0.1, 0.15) is 34.1 Å². The second-order valence-corrected chi connectivity index (χ2v) is 10.5. The summed E-state index contributed by atoms with van der Waals surface area (Å²) in [5.74, 6) is 0.280. The quantitative estimate of drug-likeness (QED) is 0.613. The number of hydrogen-bond acceptors (Lipinski definition) is 5. The zero-order chi connectivity index (χ0) is 19.9. The van der Waals surface area contributed by atoms with Gasteiger partial charge in [0.15, 0.2) is 9.84 Å². The molecule has 0 bridgehead atoms. The fraction of sp³-hybridized carbons (Fsp3) is 0.300. The molecule has 4 rings (SSSR count). The van der Waals surface area contributed by atoms with E-state index in [9.17, 15) is 13.2 Å². The van der Waals surface area contributed by atoms with Gasteiger partial charge in [-0.15, -0.1) is 11.3 Å². The first-order valence-corrected chi connectivity index (χ1v) is 12.1. The summed E-state index contributed by atoms with van der Waals surface area (Å²) in [5, 5.41) is 1.79. The molecule has 0 N–H and O–H groups in total. The summed E-state index contributed by atoms with van der Waals surface area (Å²) in [6.07, 6.45) is 2.88. The van der Waals surface area contributed by atoms with Crippen molar-refractivity contribution in [3.63, 3.8) is 0 Å². The molecule has 0 radical (unpaired) electrons. The Balaban J connectivity index is 1.43. The smallest absolute Gasteiger partial charge is 0.253 e. The van der Waals surface area contributed by atoms with Crippen molar-refractivity contribution in [1.29, 1.82) is 0 Å². The maximum Gasteiger partial charge on any atom is 0.253 e. The lowest BCUT2D eigenvalue weighted by Gasteiger charge is -2.31. The van der Waals surface area contributed by atoms with Gasteiger partial charge in [0.25, 0.3) is 5.91 Å². The summed E-state index contributed by atoms with van der Waals surface area (Å²) >= 11 is 7.74. The number of likely N-dealkylation sites (tertiary alicyclic amines) is 1. The zero-order valence-electron chi connectivity index (χ0n) is 15.3. The number of carbonyl (C=O) groups is 1. The molecule has 3 aromatic rings. The Morgan fingerprint density at radius 2 is 1.82 bits per heavy atom. The number of piperidine rings is 1. The molecular weight excluding hydrogens is 416 g/mol. The minimum absolute atomic E-state index is 0.0606. The normalized spacial score (nSPS) is 15.9. The molecule has 1 aliphatic heterocycles. The Labute approximate surface area is 172 Å². The Kier molecular flexibility index (Phi) is 5.16. The molecule has 2 aromatic carbocycles. The van der Waals surface area contributed by atoms with Gasteiger partial charge in [-0.25, -0.2) is 13.4 Å². The number of carbonyl (C=O) groups excluding carboxylic acids is 1. The van der Waals surface area contributed by atoms with Crippen LogP contribution in [0.25, 0.3) is 10.2 Å². The van der Waals surface area contributed by atoms with Gasteiger partial charge >= 0.3 is 0 Å². The summed E-state index contributed by atoms with van der Waals surface area (Å²) in [4.78, 5) is 19.5. The summed E-state index contributed by atoms with van der Waals surface area (Å²) in [7, 11) is -3.26. The first-order chi connectivity index (χ1) is 13.3. The number of nitrogens with zero attached hydrogens (tertiary/aromatic N) is 2. The molecule has 0 saturated carbocycles. The summed E-state index contributed by atoms with van der Waals surface area (Å²) < 4.78 is 24.3. The second-order valence-electron chi connectivity index (χ2n) is 7.03. The number of amides is 1. The second kappa shape index (κ2) is 7.46. The van der Waals surface area contributed by atoms with Gasteiger partial charge in [-0.2, -0.15) is 0 Å². The number of hydrogen-bond donors (Lipinski definition) is 0. The van der Waals surface area contributed by atoms with Crippen molar-refractivity contribution in [2.75, 3.05) is 19.3 Å². The van der Waals surface area contributed by atoms with E-state index in [1.165, 1.54) is 12.1 Å². The van der Waals surface area contributed by atoms with Crippen molar-refractivity contribution in [1.82, 2.24) is 9.88 Å². The molecule has 1 aromatic heterocycles. The van der Waals surface area contributed by atoms with E-state index in [1.807, 2.05) is 23.1 Å². The van der Waals surface area contributed by atoms with Crippen molar-refractivity contribution in [2.45, 2.75) is 23.7 Å². The van der Waals surface area contributed by atoms with E-state index in [4.69, 9.17) is 16.6 Å². The van der Waals surface area contributed by atoms with Crippen molar-refractivity contribution in [2.24, 2.45) is 0 Å². The average Bonchev–Trinajstić information content (AvgIpc) is 3.10. The number of halogens is 1. The molecule has 5 nitrogen and oxygen atoms in total. The summed E-state index contributed by atoms with van der Waals surface area (Å²) in [6, 6.07) is 11.9. The van der Waals surface area contributed by atoms with Gasteiger partial charge in [-0.1, -0.05) is 11.6 Å². The van der Waals surface area contributed by atoms with Crippen molar-refractivity contribution in [3.8, 4) is 0 Å². The molecule has 1 amide bonds. The Morgan fingerprint density at radius 3 is 2.46 bits per heavy atom. The first kappa shape index (κ1) is 19.4. The van der Waals surface area contributed by atoms with Gasteiger partial charge in [0.05, 0.1) is 20.1 Å². The molecule has 28 heavy (non-hydrogen) atoms. The highest BCUT2D eigenvalue weighted by molar-refractivity contribution is 7.90. The van der Waals surface area contributed by atoms with Gasteiger partial charge in [0.2, 0.25) is 0 Å². The number of fused-ring (bicyclic) bond motifs is 1. The standard InChI is InChI=1S/C20H19ClN2O3S2/c1-28(25,26)16-5-2-14(3-6-16)20(24)23-10-8-13(9-11-23)19-22-17-12-15(21)4-7-18(17)27-19/h2-7,12-13H,8-11H2,1H3. The van der Waals surface area contributed by atoms with Gasteiger partial charge < -0.3 is 4.90 Å². The lowest BCUT2D eigenvalue weighted by atomic mass is 9.97. The summed E-state index contributed by atoms with van der Waals surface area (Å²) in [6.45, 7) is 1.32. The van der Waals surface area contributed by atoms with E-state index in [2.05, 4.69) is 0 Å². The predicted octanol–water partition coefficient (Wildman–Crippen LogP) is 4.37. The molecule has 2 heterocycles. The van der Waals surface area contributed by atoms with Crippen LogP contribution in [0.15, 0.2) is 47.4 Å². The monoisotopic (exact) mass is 434 g/mol. The zero-order valence-corrected chi connectivity index (χ0v) is 17.6. The van der Waals surface area contributed by atoms with Gasteiger partial charge in [0.1, 0.15) is 0 Å². The van der Waals surface area contributed by atoms with E-state index in [1.54, 1.807) is 23.5 Å². The lowest BCUT2D eigenvalue weighted by molar-refractivity contribution is 0.0713. The fourth-order valence-corrected chi connectivity index (χ4v) is 5.36. The third-order valence-corrected chi connectivity index (χ3v) is 7.59. The van der Waals surface area contributed by atoms with Crippen LogP contribution in [-0.2, 0) is 9.84 Å². The maximum absolute atomic E-state index is 12.7. The first-order valence-electron chi connectivity index (χ1n) is 8.96. The van der Waals surface area contributed by atoms with E-state index in [-0.39, 0.29) is 10.8 Å². The molecule has 0 spiro atoms. The molecule has 8 heteroatoms. The molecule has 0 unspecified atom stereocenters. The molecule has 1 aliphatic rings. The lowest BCUT2D eigenvalue weighted by Crippen LogP contribution is -2.37. The molecule has 146 valence electrons. The van der Waals surface area contributed by atoms with Gasteiger partial charge in [0, 0.05) is 35.8 Å². The highest BCUT2D eigenvalue weighted by Crippen LogP contribution is 2.35. The highest BCUT2D eigenvalue weighted by atomic mass is 35.5. The van der Waals surface area contributed by atoms with Gasteiger partial charge in [-0.3, -0.25) is 4.79 Å². The SMILES string of the molecule is CS(=O)(=O)c1ccc(C(=O)N2CCC(c3nc4cc(Cl)ccc4s3)CC2)cc1. The third kappa shape index (κ3) is 3.92. The summed E-state index contributed by atoms with van der Waals surface area (Å²) in [5.41, 5.74) is 1.44. The van der Waals surface area contributed by atoms with Crippen LogP contribution >= 0.6 is 22.9 Å². The largest absolute Gasteiger partial charge is 0.339 e. The van der Waals surface area contributed by atoms with E-state index >= 15 is 0 Å². The molecular formula is C20H19ClN2O3S2. The Hall–Kier alpha value is -1.96. The third-order valence-electron chi connectivity index (χ3n) is 5.03. The minimum atomic E-state index is -3.26. The van der Waals surface area contributed by atoms with Crippen molar-refractivity contribution < 1.29 is 13.2 Å². The minimum Gasteiger partial charge on any atom is -0.339 e. The number of sulfone groups is 1. The Morgan fingerprint density at radius 1 is 1.14 bits per heavy atom. The highest BCUT2D eigenvalue weighted by Gasteiger charge is 2.26. The number of aromatic nitrogens is 1. The number of benzene rings is 2. The van der Waals surface area contributed by atoms with Crippen molar-refractivity contribution in [3.05, 3.63) is 58.1 Å². The number of rotatable bonds is 3. The van der Waals surface area contributed by atoms with Crippen LogP contribution in [0.2, 0.25) is 5.02 Å². The number of thiazole rings is 1. The van der Waals surface area contributed by atoms with Crippen LogP contribution in [0.5, 0.6) is 0 Å². The van der Waals surface area contributed by atoms with Crippen LogP contribution in [-0.4, -0.2) is 43.6 Å². The molecule has 1 fully saturated rings. The van der Waals surface area contributed by atoms with E-state index in [0.717, 1.165) is 34.3 Å². The Bertz CT molecular complexity index is 1130. The topological polar surface area (TPSA) is 67.3 Å². The average molecular weight is 435 g/mol. The van der Waals surface area contributed by atoms with Gasteiger partial charge in [-0.05, 0) is 55.3 Å². The van der Waals surface area contributed by atoms with Crippen LogP contribution < -0.4 is 0 Å². The molecule has 0 aliphatic carbocycles. The van der Waals surface area contributed by atoms with Crippen LogP contribution in [0.4, 0.5) is 0 Å². The molecule has 1 saturated heterocycles. The van der Waals surface area contributed by atoms with Crippen LogP contribution in [0, 0.1) is 0 Å². The van der Waals surface area contributed by atoms with E-state index < -0.39 is 9.84 Å². The fourth-order valence-electron chi connectivity index (χ4n) is 3.45. The van der Waals surface area contributed by atoms with Crippen LogP contribution in [0.3, 0.4) is 0 Å².